The largest absolute Gasteiger partial charge is 0.350 e. The van der Waals surface area contributed by atoms with E-state index in [-0.39, 0.29) is 23.3 Å². The Hall–Kier alpha value is -1.40. The Morgan fingerprint density at radius 3 is 2.77 bits per heavy atom. The first-order valence-corrected chi connectivity index (χ1v) is 10.7. The number of nitrogens with zero attached hydrogens (tertiary/aromatic N) is 2. The Bertz CT molecular complexity index is 665. The van der Waals surface area contributed by atoms with E-state index in [0.717, 1.165) is 50.4 Å². The van der Waals surface area contributed by atoms with Crippen LogP contribution in [-0.4, -0.2) is 59.9 Å². The number of rotatable bonds is 4. The minimum atomic E-state index is -0.0967. The Morgan fingerprint density at radius 2 is 2.12 bits per heavy atom. The first-order chi connectivity index (χ1) is 12.5. The van der Waals surface area contributed by atoms with Gasteiger partial charge < -0.3 is 15.1 Å². The lowest BCUT2D eigenvalue weighted by Crippen LogP contribution is -2.56. The van der Waals surface area contributed by atoms with Crippen LogP contribution in [0.1, 0.15) is 42.8 Å². The molecule has 6 heteroatoms. The molecule has 1 N–H and O–H groups in total. The lowest BCUT2D eigenvalue weighted by Gasteiger charge is -2.42. The molecule has 0 aromatic carbocycles. The average molecular weight is 376 g/mol. The minimum Gasteiger partial charge on any atom is -0.350 e. The van der Waals surface area contributed by atoms with Crippen LogP contribution in [0.25, 0.3) is 0 Å². The normalized spacial score (nSPS) is 28.0. The summed E-state index contributed by atoms with van der Waals surface area (Å²) in [5.41, 5.74) is -0.0967. The first kappa shape index (κ1) is 18.0. The fraction of sp³-hybridized carbons (Fsp3) is 0.700. The fourth-order valence-electron chi connectivity index (χ4n) is 4.93. The molecule has 0 saturated carbocycles. The van der Waals surface area contributed by atoms with E-state index in [9.17, 15) is 9.59 Å². The summed E-state index contributed by atoms with van der Waals surface area (Å²) in [7, 11) is 0. The minimum absolute atomic E-state index is 0.0967. The van der Waals surface area contributed by atoms with Crippen molar-refractivity contribution >= 4 is 23.2 Å². The predicted octanol–water partition coefficient (Wildman–Crippen LogP) is 2.45. The predicted molar refractivity (Wildman–Crippen MR) is 103 cm³/mol. The summed E-state index contributed by atoms with van der Waals surface area (Å²) >= 11 is 1.50. The fourth-order valence-corrected chi connectivity index (χ4v) is 5.62. The van der Waals surface area contributed by atoms with Crippen LogP contribution in [0.15, 0.2) is 17.5 Å². The Morgan fingerprint density at radius 1 is 1.35 bits per heavy atom. The molecule has 26 heavy (non-hydrogen) atoms. The van der Waals surface area contributed by atoms with Crippen molar-refractivity contribution < 1.29 is 9.59 Å². The van der Waals surface area contributed by atoms with Gasteiger partial charge >= 0.3 is 0 Å². The number of piperidine rings is 1. The van der Waals surface area contributed by atoms with Gasteiger partial charge in [-0.25, -0.2) is 0 Å². The third-order valence-corrected chi connectivity index (χ3v) is 7.37. The summed E-state index contributed by atoms with van der Waals surface area (Å²) in [6.07, 6.45) is 2.96. The van der Waals surface area contributed by atoms with Crippen molar-refractivity contribution in [1.82, 2.24) is 15.1 Å². The highest BCUT2D eigenvalue weighted by Gasteiger charge is 2.57. The molecule has 0 aliphatic carbocycles. The van der Waals surface area contributed by atoms with Crippen LogP contribution in [-0.2, 0) is 4.79 Å². The summed E-state index contributed by atoms with van der Waals surface area (Å²) < 4.78 is 0. The maximum absolute atomic E-state index is 12.6. The van der Waals surface area contributed by atoms with Crippen molar-refractivity contribution in [3.8, 4) is 0 Å². The lowest BCUT2D eigenvalue weighted by molar-refractivity contribution is -0.123. The summed E-state index contributed by atoms with van der Waals surface area (Å²) in [6.45, 7) is 9.02. The number of carbonyl (C=O) groups excluding carboxylic acids is 2. The van der Waals surface area contributed by atoms with E-state index < -0.39 is 0 Å². The van der Waals surface area contributed by atoms with E-state index in [1.807, 2.05) is 22.4 Å². The molecule has 1 aromatic heterocycles. The van der Waals surface area contributed by atoms with Crippen LogP contribution >= 0.6 is 11.3 Å². The quantitative estimate of drug-likeness (QED) is 0.879. The van der Waals surface area contributed by atoms with Gasteiger partial charge in [0, 0.05) is 37.6 Å². The van der Waals surface area contributed by atoms with Gasteiger partial charge in [0.2, 0.25) is 5.91 Å². The molecular formula is C20H29N3O2S. The highest BCUT2D eigenvalue weighted by Crippen LogP contribution is 2.44. The zero-order chi connectivity index (χ0) is 18.3. The summed E-state index contributed by atoms with van der Waals surface area (Å²) in [5, 5.41) is 5.30. The van der Waals surface area contributed by atoms with E-state index in [2.05, 4.69) is 24.1 Å². The van der Waals surface area contributed by atoms with Gasteiger partial charge in [0.15, 0.2) is 0 Å². The SMILES string of the molecule is CC(C)CCN1C[C@H]2C(=O)NC3(CCN(C(=O)c4cccs4)CC3)[C@H]2C1. The number of thiophene rings is 1. The van der Waals surface area contributed by atoms with Crippen molar-refractivity contribution in [3.05, 3.63) is 22.4 Å². The van der Waals surface area contributed by atoms with E-state index in [1.54, 1.807) is 0 Å². The van der Waals surface area contributed by atoms with E-state index in [0.29, 0.717) is 11.8 Å². The molecule has 4 heterocycles. The van der Waals surface area contributed by atoms with Crippen molar-refractivity contribution in [1.29, 1.82) is 0 Å². The molecule has 5 nitrogen and oxygen atoms in total. The smallest absolute Gasteiger partial charge is 0.263 e. The van der Waals surface area contributed by atoms with Crippen molar-refractivity contribution in [2.45, 2.75) is 38.6 Å². The molecule has 0 unspecified atom stereocenters. The van der Waals surface area contributed by atoms with Crippen LogP contribution < -0.4 is 5.32 Å². The molecule has 3 aliphatic rings. The summed E-state index contributed by atoms with van der Waals surface area (Å²) in [6, 6.07) is 3.82. The monoisotopic (exact) mass is 375 g/mol. The molecule has 2 amide bonds. The van der Waals surface area contributed by atoms with Crippen molar-refractivity contribution in [3.63, 3.8) is 0 Å². The summed E-state index contributed by atoms with van der Waals surface area (Å²) in [4.78, 5) is 30.5. The van der Waals surface area contributed by atoms with E-state index in [4.69, 9.17) is 0 Å². The number of hydrogen-bond donors (Lipinski definition) is 1. The zero-order valence-electron chi connectivity index (χ0n) is 15.7. The topological polar surface area (TPSA) is 52.7 Å². The van der Waals surface area contributed by atoms with Gasteiger partial charge in [-0.3, -0.25) is 9.59 Å². The Balaban J connectivity index is 1.40. The van der Waals surface area contributed by atoms with Gasteiger partial charge in [0.1, 0.15) is 0 Å². The number of likely N-dealkylation sites (tertiary alicyclic amines) is 2. The molecule has 1 aromatic rings. The first-order valence-electron chi connectivity index (χ1n) is 9.86. The number of amides is 2. The lowest BCUT2D eigenvalue weighted by atomic mass is 9.75. The maximum Gasteiger partial charge on any atom is 0.263 e. The van der Waals surface area contributed by atoms with Gasteiger partial charge in [-0.2, -0.15) is 0 Å². The zero-order valence-corrected chi connectivity index (χ0v) is 16.6. The molecule has 2 atom stereocenters. The van der Waals surface area contributed by atoms with Gasteiger partial charge in [0.25, 0.3) is 5.91 Å². The van der Waals surface area contributed by atoms with Gasteiger partial charge in [0.05, 0.1) is 10.8 Å². The van der Waals surface area contributed by atoms with Crippen LogP contribution in [0.3, 0.4) is 0 Å². The van der Waals surface area contributed by atoms with Crippen LogP contribution in [0.2, 0.25) is 0 Å². The van der Waals surface area contributed by atoms with Crippen LogP contribution in [0, 0.1) is 17.8 Å². The second-order valence-electron chi connectivity index (χ2n) is 8.57. The number of nitrogens with one attached hydrogen (secondary N) is 1. The molecule has 3 saturated heterocycles. The molecule has 0 bridgehead atoms. The molecule has 4 rings (SSSR count). The van der Waals surface area contributed by atoms with Gasteiger partial charge in [-0.1, -0.05) is 19.9 Å². The molecule has 1 spiro atoms. The summed E-state index contributed by atoms with van der Waals surface area (Å²) in [5.74, 6) is 1.62. The van der Waals surface area contributed by atoms with Crippen LogP contribution in [0.5, 0.6) is 0 Å². The molecular weight excluding hydrogens is 346 g/mol. The Labute approximate surface area is 159 Å². The molecule has 3 fully saturated rings. The highest BCUT2D eigenvalue weighted by molar-refractivity contribution is 7.12. The number of hydrogen-bond acceptors (Lipinski definition) is 4. The van der Waals surface area contributed by atoms with Gasteiger partial charge in [-0.15, -0.1) is 11.3 Å². The third-order valence-electron chi connectivity index (χ3n) is 6.51. The maximum atomic E-state index is 12.6. The average Bonchev–Trinajstić information content (AvgIpc) is 3.33. The molecule has 3 aliphatic heterocycles. The van der Waals surface area contributed by atoms with Gasteiger partial charge in [-0.05, 0) is 43.2 Å². The standard InChI is InChI=1S/C20H29N3O2S/c1-14(2)5-8-22-12-15-16(13-22)20(21-18(15)24)6-9-23(10-7-20)19(25)17-4-3-11-26-17/h3-4,11,14-16H,5-10,12-13H2,1-2H3,(H,21,24)/t15-,16+/m1/s1. The van der Waals surface area contributed by atoms with Crippen LogP contribution in [0.4, 0.5) is 0 Å². The van der Waals surface area contributed by atoms with Crippen molar-refractivity contribution in [2.24, 2.45) is 17.8 Å². The third kappa shape index (κ3) is 3.18. The second kappa shape index (κ2) is 6.97. The highest BCUT2D eigenvalue weighted by atomic mass is 32.1. The Kier molecular flexibility index (Phi) is 4.82. The number of carbonyl (C=O) groups is 2. The molecule has 0 radical (unpaired) electrons. The second-order valence-corrected chi connectivity index (χ2v) is 9.52. The van der Waals surface area contributed by atoms with Crippen molar-refractivity contribution in [2.75, 3.05) is 32.7 Å². The van der Waals surface area contributed by atoms with E-state index in [1.165, 1.54) is 17.8 Å². The van der Waals surface area contributed by atoms with E-state index >= 15 is 0 Å². The molecule has 142 valence electrons. The number of fused-ring (bicyclic) bond motifs is 2.